The standard InChI is InChI=1S/C19H17ClF3N3O5S/c20-13-8-11(26-7-1-6-24-26)2-3-15(13)32(30,31)12-9-14(16(27)28)25(10-12)17(29)18(4-5-18)19(21,22)23/h1-3,6-8,12,14H,4-5,9-10H2,(H,27,28). The van der Waals surface area contributed by atoms with E-state index in [0.29, 0.717) is 10.6 Å². The molecule has 4 rings (SSSR count). The van der Waals surface area contributed by atoms with E-state index in [1.54, 1.807) is 12.3 Å². The number of amides is 1. The fourth-order valence-electron chi connectivity index (χ4n) is 3.96. The Hall–Kier alpha value is -2.60. The lowest BCUT2D eigenvalue weighted by Crippen LogP contribution is -2.48. The molecule has 0 radical (unpaired) electrons. The van der Waals surface area contributed by atoms with Gasteiger partial charge < -0.3 is 10.0 Å². The first-order valence-corrected chi connectivity index (χ1v) is 11.4. The van der Waals surface area contributed by atoms with Crippen molar-refractivity contribution in [1.29, 1.82) is 0 Å². The van der Waals surface area contributed by atoms with Gasteiger partial charge in [0.1, 0.15) is 11.5 Å². The highest BCUT2D eigenvalue weighted by atomic mass is 35.5. The van der Waals surface area contributed by atoms with Crippen molar-refractivity contribution in [2.24, 2.45) is 5.41 Å². The second-order valence-corrected chi connectivity index (χ2v) is 10.5. The summed E-state index contributed by atoms with van der Waals surface area (Å²) in [6.07, 6.45) is -3.13. The number of rotatable bonds is 5. The lowest BCUT2D eigenvalue weighted by molar-refractivity contribution is -0.199. The highest BCUT2D eigenvalue weighted by Crippen LogP contribution is 2.59. The van der Waals surface area contributed by atoms with Crippen LogP contribution >= 0.6 is 11.6 Å². The molecule has 2 heterocycles. The number of nitrogens with zero attached hydrogens (tertiary/aromatic N) is 3. The van der Waals surface area contributed by atoms with Gasteiger partial charge in [0, 0.05) is 18.9 Å². The summed E-state index contributed by atoms with van der Waals surface area (Å²) in [6.45, 7) is -0.660. The summed E-state index contributed by atoms with van der Waals surface area (Å²) in [5, 5.41) is 11.9. The molecule has 32 heavy (non-hydrogen) atoms. The first kappa shape index (κ1) is 22.6. The molecule has 1 aromatic heterocycles. The van der Waals surface area contributed by atoms with Gasteiger partial charge in [-0.1, -0.05) is 11.6 Å². The van der Waals surface area contributed by atoms with Crippen molar-refractivity contribution < 1.29 is 36.3 Å². The lowest BCUT2D eigenvalue weighted by Gasteiger charge is -2.28. The van der Waals surface area contributed by atoms with E-state index in [0.717, 1.165) is 0 Å². The van der Waals surface area contributed by atoms with Crippen LogP contribution in [0.15, 0.2) is 41.6 Å². The Balaban J connectivity index is 1.64. The van der Waals surface area contributed by atoms with Crippen LogP contribution in [-0.4, -0.2) is 64.1 Å². The zero-order chi connectivity index (χ0) is 23.5. The van der Waals surface area contributed by atoms with Crippen LogP contribution in [0, 0.1) is 5.41 Å². The number of alkyl halides is 3. The number of likely N-dealkylation sites (tertiary alicyclic amines) is 1. The van der Waals surface area contributed by atoms with Crippen LogP contribution in [0.25, 0.3) is 5.69 Å². The van der Waals surface area contributed by atoms with Gasteiger partial charge in [-0.05, 0) is 43.5 Å². The average molecular weight is 492 g/mol. The Kier molecular flexibility index (Phi) is 5.28. The van der Waals surface area contributed by atoms with Crippen LogP contribution in [0.5, 0.6) is 0 Å². The van der Waals surface area contributed by atoms with Crippen molar-refractivity contribution in [3.8, 4) is 5.69 Å². The smallest absolute Gasteiger partial charge is 0.403 e. The number of carbonyl (C=O) groups is 2. The van der Waals surface area contributed by atoms with Crippen LogP contribution in [0.3, 0.4) is 0 Å². The number of benzene rings is 1. The number of carboxylic acids is 1. The summed E-state index contributed by atoms with van der Waals surface area (Å²) in [4.78, 5) is 24.6. The Morgan fingerprint density at radius 3 is 2.44 bits per heavy atom. The summed E-state index contributed by atoms with van der Waals surface area (Å²) in [6, 6.07) is 4.01. The van der Waals surface area contributed by atoms with Gasteiger partial charge >= 0.3 is 12.1 Å². The maximum atomic E-state index is 13.4. The minimum Gasteiger partial charge on any atom is -0.480 e. The van der Waals surface area contributed by atoms with E-state index in [9.17, 15) is 36.3 Å². The third-order valence-corrected chi connectivity index (χ3v) is 8.55. The van der Waals surface area contributed by atoms with Gasteiger partial charge in [0.2, 0.25) is 5.91 Å². The molecular weight excluding hydrogens is 475 g/mol. The van der Waals surface area contributed by atoms with E-state index < -0.39 is 70.4 Å². The Morgan fingerprint density at radius 2 is 1.94 bits per heavy atom. The number of aromatic nitrogens is 2. The van der Waals surface area contributed by atoms with Gasteiger partial charge in [-0.3, -0.25) is 4.79 Å². The fourth-order valence-corrected chi connectivity index (χ4v) is 6.20. The van der Waals surface area contributed by atoms with Crippen molar-refractivity contribution in [2.45, 2.75) is 41.6 Å². The van der Waals surface area contributed by atoms with E-state index in [-0.39, 0.29) is 9.92 Å². The summed E-state index contributed by atoms with van der Waals surface area (Å²) < 4.78 is 68.0. The van der Waals surface area contributed by atoms with E-state index in [1.807, 2.05) is 0 Å². The minimum atomic E-state index is -4.84. The van der Waals surface area contributed by atoms with E-state index >= 15 is 0 Å². The van der Waals surface area contributed by atoms with Crippen LogP contribution in [0.2, 0.25) is 5.02 Å². The normalized spacial score (nSPS) is 22.7. The molecule has 8 nitrogen and oxygen atoms in total. The molecule has 1 aliphatic carbocycles. The molecular formula is C19H17ClF3N3O5S. The van der Waals surface area contributed by atoms with Crippen LogP contribution in [0.4, 0.5) is 13.2 Å². The van der Waals surface area contributed by atoms with Crippen LogP contribution in [0.1, 0.15) is 19.3 Å². The van der Waals surface area contributed by atoms with Crippen molar-refractivity contribution >= 4 is 33.3 Å². The number of hydrogen-bond acceptors (Lipinski definition) is 5. The monoisotopic (exact) mass is 491 g/mol. The molecule has 13 heteroatoms. The summed E-state index contributed by atoms with van der Waals surface area (Å²) >= 11 is 6.18. The first-order valence-electron chi connectivity index (χ1n) is 9.52. The molecule has 2 fully saturated rings. The third-order valence-electron chi connectivity index (χ3n) is 5.94. The van der Waals surface area contributed by atoms with Gasteiger partial charge in [-0.25, -0.2) is 17.9 Å². The minimum absolute atomic E-state index is 0.149. The SMILES string of the molecule is O=C(O)C1CC(S(=O)(=O)c2ccc(-n3cccn3)cc2Cl)CN1C(=O)C1(C(F)(F)F)CC1. The molecule has 1 saturated carbocycles. The van der Waals surface area contributed by atoms with Crippen molar-refractivity contribution in [2.75, 3.05) is 6.54 Å². The highest BCUT2D eigenvalue weighted by Gasteiger charge is 2.70. The van der Waals surface area contributed by atoms with Gasteiger partial charge in [-0.2, -0.15) is 18.3 Å². The number of hydrogen-bond donors (Lipinski definition) is 1. The molecule has 1 aromatic carbocycles. The quantitative estimate of drug-likeness (QED) is 0.688. The molecule has 2 aromatic rings. The van der Waals surface area contributed by atoms with Crippen LogP contribution < -0.4 is 0 Å². The topological polar surface area (TPSA) is 110 Å². The highest BCUT2D eigenvalue weighted by molar-refractivity contribution is 7.92. The first-order chi connectivity index (χ1) is 14.9. The average Bonchev–Trinajstić information content (AvgIpc) is 3.14. The van der Waals surface area contributed by atoms with Crippen LogP contribution in [-0.2, 0) is 19.4 Å². The maximum Gasteiger partial charge on any atom is 0.403 e. The Labute approximate surface area is 185 Å². The number of carboxylic acid groups (broad SMARTS) is 1. The van der Waals surface area contributed by atoms with Gasteiger partial charge in [0.05, 0.1) is 20.9 Å². The van der Waals surface area contributed by atoms with Crippen molar-refractivity contribution in [3.63, 3.8) is 0 Å². The van der Waals surface area contributed by atoms with Gasteiger partial charge in [0.25, 0.3) is 0 Å². The van der Waals surface area contributed by atoms with Gasteiger partial charge in [0.15, 0.2) is 9.84 Å². The molecule has 172 valence electrons. The van der Waals surface area contributed by atoms with Crippen molar-refractivity contribution in [3.05, 3.63) is 41.7 Å². The second kappa shape index (κ2) is 7.48. The second-order valence-electron chi connectivity index (χ2n) is 7.86. The number of halogens is 4. The molecule has 1 aliphatic heterocycles. The molecule has 0 spiro atoms. The third kappa shape index (κ3) is 3.54. The van der Waals surface area contributed by atoms with Gasteiger partial charge in [-0.15, -0.1) is 0 Å². The zero-order valence-corrected chi connectivity index (χ0v) is 17.9. The Morgan fingerprint density at radius 1 is 1.25 bits per heavy atom. The Bertz CT molecular complexity index is 1180. The van der Waals surface area contributed by atoms with E-state index in [4.69, 9.17) is 11.6 Å². The largest absolute Gasteiger partial charge is 0.480 e. The fraction of sp³-hybridized carbons (Fsp3) is 0.421. The molecule has 1 N–H and O–H groups in total. The number of carbonyl (C=O) groups excluding carboxylic acids is 1. The number of aliphatic carboxylic acids is 1. The van der Waals surface area contributed by atoms with E-state index in [1.165, 1.54) is 29.1 Å². The number of sulfone groups is 1. The molecule has 2 aliphatic rings. The maximum absolute atomic E-state index is 13.4. The molecule has 2 unspecified atom stereocenters. The molecule has 0 bridgehead atoms. The predicted octanol–water partition coefficient (Wildman–Crippen LogP) is 2.70. The molecule has 1 saturated heterocycles. The summed E-state index contributed by atoms with van der Waals surface area (Å²) in [7, 11) is -4.25. The summed E-state index contributed by atoms with van der Waals surface area (Å²) in [5.41, 5.74) is -2.16. The summed E-state index contributed by atoms with van der Waals surface area (Å²) in [5.74, 6) is -2.95. The molecule has 1 amide bonds. The molecule has 2 atom stereocenters. The van der Waals surface area contributed by atoms with Crippen molar-refractivity contribution in [1.82, 2.24) is 14.7 Å². The zero-order valence-electron chi connectivity index (χ0n) is 16.3. The predicted molar refractivity (Wildman–Crippen MR) is 105 cm³/mol. The lowest BCUT2D eigenvalue weighted by atomic mass is 10.0. The van der Waals surface area contributed by atoms with E-state index in [2.05, 4.69) is 5.10 Å².